The summed E-state index contributed by atoms with van der Waals surface area (Å²) in [4.78, 5) is 11.5. The van der Waals surface area contributed by atoms with E-state index in [0.717, 1.165) is 34.2 Å². The minimum absolute atomic E-state index is 0.684. The average Bonchev–Trinajstić information content (AvgIpc) is 2.80. The van der Waals surface area contributed by atoms with Crippen molar-refractivity contribution in [3.8, 4) is 16.9 Å². The first-order valence-corrected chi connectivity index (χ1v) is 6.45. The molecule has 2 heterocycles. The van der Waals surface area contributed by atoms with Crippen LogP contribution in [-0.4, -0.2) is 17.8 Å². The number of hydrogen-bond donors (Lipinski definition) is 0. The zero-order chi connectivity index (χ0) is 14.1. The van der Waals surface area contributed by atoms with Crippen molar-refractivity contribution in [1.82, 2.24) is 4.40 Å². The van der Waals surface area contributed by atoms with Crippen LogP contribution < -0.4 is 4.74 Å². The number of methoxy groups -OCH3 is 1. The van der Waals surface area contributed by atoms with Gasteiger partial charge in [0.05, 0.1) is 12.8 Å². The first-order chi connectivity index (χ1) is 9.76. The number of pyridine rings is 1. The third-order valence-electron chi connectivity index (χ3n) is 3.63. The van der Waals surface area contributed by atoms with Crippen molar-refractivity contribution in [2.45, 2.75) is 6.92 Å². The Morgan fingerprint density at radius 2 is 1.85 bits per heavy atom. The lowest BCUT2D eigenvalue weighted by atomic mass is 10.0. The number of rotatable bonds is 3. The van der Waals surface area contributed by atoms with Crippen LogP contribution in [0.1, 0.15) is 16.1 Å². The van der Waals surface area contributed by atoms with Crippen LogP contribution in [0.4, 0.5) is 0 Å². The SMILES string of the molecule is COc1ccc(-c2c(C)c3ccccn3c2C=O)cc1. The standard InChI is InChI=1S/C17H15NO2/c1-12-15-5-3-4-10-18(15)16(11-19)17(12)13-6-8-14(20-2)9-7-13/h3-11H,1-2H3. The Labute approximate surface area is 117 Å². The van der Waals surface area contributed by atoms with Gasteiger partial charge < -0.3 is 9.14 Å². The number of carbonyl (C=O) groups is 1. The molecule has 0 saturated carbocycles. The molecule has 0 aliphatic rings. The molecule has 3 rings (SSSR count). The Kier molecular flexibility index (Phi) is 3.03. The number of carbonyl (C=O) groups excluding carboxylic acids is 1. The Morgan fingerprint density at radius 3 is 2.50 bits per heavy atom. The maximum absolute atomic E-state index is 11.5. The zero-order valence-electron chi connectivity index (χ0n) is 11.5. The van der Waals surface area contributed by atoms with Gasteiger partial charge in [-0.3, -0.25) is 4.79 Å². The van der Waals surface area contributed by atoms with Crippen molar-refractivity contribution in [1.29, 1.82) is 0 Å². The number of fused-ring (bicyclic) bond motifs is 1. The van der Waals surface area contributed by atoms with Crippen molar-refractivity contribution < 1.29 is 9.53 Å². The molecule has 100 valence electrons. The van der Waals surface area contributed by atoms with Crippen LogP contribution in [0.2, 0.25) is 0 Å². The first kappa shape index (κ1) is 12.5. The summed E-state index contributed by atoms with van der Waals surface area (Å²) in [6.07, 6.45) is 2.83. The van der Waals surface area contributed by atoms with E-state index in [1.165, 1.54) is 0 Å². The monoisotopic (exact) mass is 265 g/mol. The molecule has 3 aromatic rings. The van der Waals surface area contributed by atoms with E-state index in [9.17, 15) is 4.79 Å². The third-order valence-corrected chi connectivity index (χ3v) is 3.63. The summed E-state index contributed by atoms with van der Waals surface area (Å²) in [5.41, 5.74) is 4.85. The lowest BCUT2D eigenvalue weighted by Gasteiger charge is -2.04. The fourth-order valence-electron chi connectivity index (χ4n) is 2.64. The van der Waals surface area contributed by atoms with E-state index in [-0.39, 0.29) is 0 Å². The highest BCUT2D eigenvalue weighted by Crippen LogP contribution is 2.32. The molecule has 0 aliphatic carbocycles. The number of ether oxygens (including phenoxy) is 1. The summed E-state index contributed by atoms with van der Waals surface area (Å²) >= 11 is 0. The van der Waals surface area contributed by atoms with Gasteiger partial charge in [0.15, 0.2) is 6.29 Å². The predicted molar refractivity (Wildman–Crippen MR) is 79.5 cm³/mol. The lowest BCUT2D eigenvalue weighted by Crippen LogP contribution is -1.91. The second-order valence-electron chi connectivity index (χ2n) is 4.69. The highest BCUT2D eigenvalue weighted by molar-refractivity contribution is 5.92. The van der Waals surface area contributed by atoms with Gasteiger partial charge in [-0.05, 0) is 42.3 Å². The van der Waals surface area contributed by atoms with Crippen LogP contribution >= 0.6 is 0 Å². The Morgan fingerprint density at radius 1 is 1.10 bits per heavy atom. The minimum atomic E-state index is 0.684. The number of aryl methyl sites for hydroxylation is 1. The van der Waals surface area contributed by atoms with Gasteiger partial charge in [0, 0.05) is 17.3 Å². The van der Waals surface area contributed by atoms with E-state index in [0.29, 0.717) is 5.69 Å². The van der Waals surface area contributed by atoms with Crippen LogP contribution in [0.25, 0.3) is 16.6 Å². The second kappa shape index (κ2) is 4.85. The Balaban J connectivity index is 2.29. The van der Waals surface area contributed by atoms with Gasteiger partial charge >= 0.3 is 0 Å². The quantitative estimate of drug-likeness (QED) is 0.675. The highest BCUT2D eigenvalue weighted by atomic mass is 16.5. The molecule has 0 radical (unpaired) electrons. The summed E-state index contributed by atoms with van der Waals surface area (Å²) in [6.45, 7) is 2.04. The largest absolute Gasteiger partial charge is 0.497 e. The summed E-state index contributed by atoms with van der Waals surface area (Å²) in [6, 6.07) is 13.7. The highest BCUT2D eigenvalue weighted by Gasteiger charge is 2.15. The molecule has 20 heavy (non-hydrogen) atoms. The van der Waals surface area contributed by atoms with Gasteiger partial charge in [-0.15, -0.1) is 0 Å². The molecular weight excluding hydrogens is 250 g/mol. The molecule has 0 unspecified atom stereocenters. The normalized spacial score (nSPS) is 10.7. The van der Waals surface area contributed by atoms with Crippen LogP contribution in [0.3, 0.4) is 0 Å². The van der Waals surface area contributed by atoms with E-state index in [1.807, 2.05) is 60.0 Å². The molecule has 3 heteroatoms. The molecule has 0 spiro atoms. The van der Waals surface area contributed by atoms with Gasteiger partial charge in [-0.25, -0.2) is 0 Å². The van der Waals surface area contributed by atoms with Gasteiger partial charge in [0.1, 0.15) is 5.75 Å². The van der Waals surface area contributed by atoms with Gasteiger partial charge in [-0.1, -0.05) is 18.2 Å². The number of aromatic nitrogens is 1. The van der Waals surface area contributed by atoms with Crippen LogP contribution in [0.5, 0.6) is 5.75 Å². The van der Waals surface area contributed by atoms with E-state index in [2.05, 4.69) is 0 Å². The average molecular weight is 265 g/mol. The second-order valence-corrected chi connectivity index (χ2v) is 4.69. The van der Waals surface area contributed by atoms with E-state index in [1.54, 1.807) is 7.11 Å². The molecule has 0 amide bonds. The predicted octanol–water partition coefficient (Wildman–Crippen LogP) is 3.74. The number of aldehydes is 1. The molecule has 3 nitrogen and oxygen atoms in total. The van der Waals surface area contributed by atoms with Crippen molar-refractivity contribution in [3.05, 3.63) is 59.9 Å². The van der Waals surface area contributed by atoms with Gasteiger partial charge in [0.25, 0.3) is 0 Å². The van der Waals surface area contributed by atoms with E-state index in [4.69, 9.17) is 4.74 Å². The molecule has 1 aromatic carbocycles. The summed E-state index contributed by atoms with van der Waals surface area (Å²) in [5.74, 6) is 0.808. The number of hydrogen-bond acceptors (Lipinski definition) is 2. The van der Waals surface area contributed by atoms with Crippen LogP contribution in [0.15, 0.2) is 48.7 Å². The number of benzene rings is 1. The molecular formula is C17H15NO2. The summed E-state index contributed by atoms with van der Waals surface area (Å²) < 4.78 is 7.11. The van der Waals surface area contributed by atoms with E-state index < -0.39 is 0 Å². The maximum atomic E-state index is 11.5. The third kappa shape index (κ3) is 1.79. The van der Waals surface area contributed by atoms with Crippen molar-refractivity contribution in [2.75, 3.05) is 7.11 Å². The Hall–Kier alpha value is -2.55. The van der Waals surface area contributed by atoms with Crippen molar-refractivity contribution >= 4 is 11.8 Å². The summed E-state index contributed by atoms with van der Waals surface area (Å²) in [5, 5.41) is 0. The minimum Gasteiger partial charge on any atom is -0.497 e. The van der Waals surface area contributed by atoms with E-state index >= 15 is 0 Å². The fourth-order valence-corrected chi connectivity index (χ4v) is 2.64. The van der Waals surface area contributed by atoms with Crippen LogP contribution in [-0.2, 0) is 0 Å². The Bertz CT molecular complexity index is 770. The molecule has 2 aromatic heterocycles. The zero-order valence-corrected chi connectivity index (χ0v) is 11.5. The van der Waals surface area contributed by atoms with Crippen molar-refractivity contribution in [2.24, 2.45) is 0 Å². The topological polar surface area (TPSA) is 30.7 Å². The number of nitrogens with zero attached hydrogens (tertiary/aromatic N) is 1. The van der Waals surface area contributed by atoms with Crippen molar-refractivity contribution in [3.63, 3.8) is 0 Å². The molecule has 0 aliphatic heterocycles. The molecule has 0 atom stereocenters. The first-order valence-electron chi connectivity index (χ1n) is 6.45. The molecule has 0 bridgehead atoms. The molecule has 0 N–H and O–H groups in total. The smallest absolute Gasteiger partial charge is 0.167 e. The van der Waals surface area contributed by atoms with Crippen LogP contribution in [0, 0.1) is 6.92 Å². The molecule has 0 fully saturated rings. The van der Waals surface area contributed by atoms with Gasteiger partial charge in [0.2, 0.25) is 0 Å². The fraction of sp³-hybridized carbons (Fsp3) is 0.118. The lowest BCUT2D eigenvalue weighted by molar-refractivity contribution is 0.111. The molecule has 0 saturated heterocycles. The van der Waals surface area contributed by atoms with Gasteiger partial charge in [-0.2, -0.15) is 0 Å². The summed E-state index contributed by atoms with van der Waals surface area (Å²) in [7, 11) is 1.64. The maximum Gasteiger partial charge on any atom is 0.167 e.